The van der Waals surface area contributed by atoms with Gasteiger partial charge in [-0.2, -0.15) is 0 Å². The van der Waals surface area contributed by atoms with Crippen molar-refractivity contribution < 1.29 is 4.92 Å². The molecule has 0 saturated heterocycles. The van der Waals surface area contributed by atoms with Gasteiger partial charge in [0, 0.05) is 34.2 Å². The van der Waals surface area contributed by atoms with Crippen LogP contribution in [0.5, 0.6) is 0 Å². The van der Waals surface area contributed by atoms with Crippen molar-refractivity contribution in [2.75, 3.05) is 5.32 Å². The van der Waals surface area contributed by atoms with Gasteiger partial charge in [-0.05, 0) is 29.8 Å². The molecule has 0 bridgehead atoms. The summed E-state index contributed by atoms with van der Waals surface area (Å²) in [5.74, 6) is 0.654. The van der Waals surface area contributed by atoms with Gasteiger partial charge in [0.25, 0.3) is 5.69 Å². The number of non-ortho nitro benzene ring substituents is 1. The van der Waals surface area contributed by atoms with Crippen LogP contribution in [0.3, 0.4) is 0 Å². The van der Waals surface area contributed by atoms with Gasteiger partial charge in [-0.25, -0.2) is 4.99 Å². The Bertz CT molecular complexity index is 1050. The number of para-hydroxylation sites is 1. The van der Waals surface area contributed by atoms with Gasteiger partial charge in [0.15, 0.2) is 0 Å². The first-order chi connectivity index (χ1) is 13.1. The molecular formula is C20H14ClN3O2S. The molecule has 3 aromatic rings. The lowest BCUT2D eigenvalue weighted by Gasteiger charge is -2.10. The third kappa shape index (κ3) is 3.82. The van der Waals surface area contributed by atoms with Gasteiger partial charge in [-0.1, -0.05) is 41.9 Å². The van der Waals surface area contributed by atoms with Crippen LogP contribution in [0.15, 0.2) is 71.7 Å². The number of nitro groups is 1. The second-order valence-corrected chi connectivity index (χ2v) is 7.36. The van der Waals surface area contributed by atoms with Gasteiger partial charge < -0.3 is 5.32 Å². The van der Waals surface area contributed by atoms with Crippen molar-refractivity contribution in [2.24, 2.45) is 4.99 Å². The number of nitro benzene ring substituents is 1. The van der Waals surface area contributed by atoms with E-state index in [1.54, 1.807) is 23.9 Å². The van der Waals surface area contributed by atoms with E-state index < -0.39 is 4.92 Å². The molecule has 0 aromatic heterocycles. The smallest absolute Gasteiger partial charge is 0.269 e. The van der Waals surface area contributed by atoms with Crippen LogP contribution in [0.2, 0.25) is 5.02 Å². The number of aliphatic imine (C=N–C) groups is 1. The first-order valence-electron chi connectivity index (χ1n) is 8.21. The predicted molar refractivity (Wildman–Crippen MR) is 112 cm³/mol. The molecule has 1 aliphatic heterocycles. The molecule has 0 fully saturated rings. The maximum Gasteiger partial charge on any atom is 0.269 e. The first-order valence-corrected chi connectivity index (χ1v) is 9.57. The normalized spacial score (nSPS) is 12.3. The van der Waals surface area contributed by atoms with E-state index in [1.165, 1.54) is 12.1 Å². The molecule has 0 radical (unpaired) electrons. The van der Waals surface area contributed by atoms with Crippen LogP contribution in [0.1, 0.15) is 11.1 Å². The number of fused-ring (bicyclic) bond motifs is 2. The van der Waals surface area contributed by atoms with Crippen molar-refractivity contribution in [1.82, 2.24) is 0 Å². The molecule has 0 spiro atoms. The molecule has 134 valence electrons. The van der Waals surface area contributed by atoms with Gasteiger partial charge >= 0.3 is 0 Å². The van der Waals surface area contributed by atoms with E-state index in [1.807, 2.05) is 42.5 Å². The summed E-state index contributed by atoms with van der Waals surface area (Å²) in [5.41, 5.74) is 4.76. The monoisotopic (exact) mass is 395 g/mol. The van der Waals surface area contributed by atoms with Crippen LogP contribution in [0, 0.1) is 10.1 Å². The molecule has 1 heterocycles. The second-order valence-electron chi connectivity index (χ2n) is 5.96. The predicted octanol–water partition coefficient (Wildman–Crippen LogP) is 6.32. The lowest BCUT2D eigenvalue weighted by molar-refractivity contribution is -0.384. The molecule has 1 N–H and O–H groups in total. The number of nitrogens with one attached hydrogen (secondary N) is 1. The zero-order chi connectivity index (χ0) is 18.8. The Kier molecular flexibility index (Phi) is 4.83. The van der Waals surface area contributed by atoms with Gasteiger partial charge in [-0.15, -0.1) is 11.8 Å². The minimum absolute atomic E-state index is 0.0914. The van der Waals surface area contributed by atoms with E-state index in [2.05, 4.69) is 5.32 Å². The number of halogens is 1. The van der Waals surface area contributed by atoms with Crippen molar-refractivity contribution >= 4 is 51.2 Å². The third-order valence-corrected chi connectivity index (χ3v) is 5.43. The van der Waals surface area contributed by atoms with Gasteiger partial charge in [0.05, 0.1) is 16.3 Å². The van der Waals surface area contributed by atoms with Crippen molar-refractivity contribution in [1.29, 1.82) is 0 Å². The van der Waals surface area contributed by atoms with E-state index in [9.17, 15) is 10.1 Å². The van der Waals surface area contributed by atoms with E-state index in [0.717, 1.165) is 33.2 Å². The molecule has 0 unspecified atom stereocenters. The van der Waals surface area contributed by atoms with E-state index in [4.69, 9.17) is 16.6 Å². The highest BCUT2D eigenvalue weighted by Gasteiger charge is 2.17. The Morgan fingerprint density at radius 1 is 1.04 bits per heavy atom. The number of rotatable bonds is 3. The summed E-state index contributed by atoms with van der Waals surface area (Å²) in [7, 11) is 0. The average Bonchev–Trinajstić information content (AvgIpc) is 2.83. The second kappa shape index (κ2) is 7.42. The molecule has 0 aliphatic carbocycles. The number of hydrogen-bond acceptors (Lipinski definition) is 5. The Balaban J connectivity index is 1.66. The number of nitrogens with zero attached hydrogens (tertiary/aromatic N) is 2. The molecule has 7 heteroatoms. The quantitative estimate of drug-likeness (QED) is 0.416. The summed E-state index contributed by atoms with van der Waals surface area (Å²) in [4.78, 5) is 15.2. The summed E-state index contributed by atoms with van der Waals surface area (Å²) in [6.07, 6.45) is 0. The highest BCUT2D eigenvalue weighted by atomic mass is 35.5. The highest BCUT2D eigenvalue weighted by molar-refractivity contribution is 8.13. The van der Waals surface area contributed by atoms with Crippen LogP contribution in [0.4, 0.5) is 22.7 Å². The SMILES string of the molecule is O=[N+]([O-])c1ccc(CSC2=Nc3cc(Cl)ccc3Nc3ccccc32)cc1. The topological polar surface area (TPSA) is 67.5 Å². The lowest BCUT2D eigenvalue weighted by atomic mass is 10.2. The molecule has 0 saturated carbocycles. The molecule has 0 amide bonds. The number of thioether (sulfide) groups is 1. The first kappa shape index (κ1) is 17.6. The standard InChI is InChI=1S/C20H14ClN3O2S/c21-14-7-10-18-19(11-14)23-20(16-3-1-2-4-17(16)22-18)27-12-13-5-8-15(9-6-13)24(25)26/h1-11,22H,12H2. The number of anilines is 2. The van der Waals surface area contributed by atoms with Crippen LogP contribution >= 0.6 is 23.4 Å². The van der Waals surface area contributed by atoms with E-state index >= 15 is 0 Å². The molecule has 1 aliphatic rings. The molecule has 0 atom stereocenters. The van der Waals surface area contributed by atoms with Crippen molar-refractivity contribution in [3.05, 3.63) is 93.0 Å². The Labute approximate surface area is 165 Å². The van der Waals surface area contributed by atoms with Crippen molar-refractivity contribution in [3.63, 3.8) is 0 Å². The fraction of sp³-hybridized carbons (Fsp3) is 0.0500. The molecule has 5 nitrogen and oxygen atoms in total. The Morgan fingerprint density at radius 3 is 2.59 bits per heavy atom. The average molecular weight is 396 g/mol. The largest absolute Gasteiger partial charge is 0.353 e. The van der Waals surface area contributed by atoms with E-state index in [0.29, 0.717) is 10.8 Å². The highest BCUT2D eigenvalue weighted by Crippen LogP contribution is 2.38. The molecule has 4 rings (SSSR count). The zero-order valence-electron chi connectivity index (χ0n) is 14.1. The Hall–Kier alpha value is -2.83. The fourth-order valence-corrected chi connectivity index (χ4v) is 3.93. The Morgan fingerprint density at radius 2 is 1.81 bits per heavy atom. The van der Waals surface area contributed by atoms with Crippen LogP contribution < -0.4 is 5.32 Å². The van der Waals surface area contributed by atoms with Crippen LogP contribution in [-0.4, -0.2) is 9.97 Å². The van der Waals surface area contributed by atoms with Gasteiger partial charge in [0.2, 0.25) is 0 Å². The minimum atomic E-state index is -0.394. The minimum Gasteiger partial charge on any atom is -0.353 e. The third-order valence-electron chi connectivity index (χ3n) is 4.13. The van der Waals surface area contributed by atoms with Gasteiger partial charge in [-0.3, -0.25) is 10.1 Å². The van der Waals surface area contributed by atoms with Gasteiger partial charge in [0.1, 0.15) is 5.04 Å². The maximum absolute atomic E-state index is 10.8. The molecule has 27 heavy (non-hydrogen) atoms. The maximum atomic E-state index is 10.8. The summed E-state index contributed by atoms with van der Waals surface area (Å²) in [5, 5.41) is 15.7. The molecule has 3 aromatic carbocycles. The number of hydrogen-bond donors (Lipinski definition) is 1. The zero-order valence-corrected chi connectivity index (χ0v) is 15.6. The summed E-state index contributed by atoms with van der Waals surface area (Å²) < 4.78 is 0. The van der Waals surface area contributed by atoms with Crippen LogP contribution in [0.25, 0.3) is 0 Å². The van der Waals surface area contributed by atoms with Crippen molar-refractivity contribution in [2.45, 2.75) is 5.75 Å². The summed E-state index contributed by atoms with van der Waals surface area (Å²) in [6, 6.07) is 20.2. The van der Waals surface area contributed by atoms with Crippen molar-refractivity contribution in [3.8, 4) is 0 Å². The van der Waals surface area contributed by atoms with E-state index in [-0.39, 0.29) is 5.69 Å². The molecular weight excluding hydrogens is 382 g/mol. The fourth-order valence-electron chi connectivity index (χ4n) is 2.77. The summed E-state index contributed by atoms with van der Waals surface area (Å²) in [6.45, 7) is 0. The van der Waals surface area contributed by atoms with Crippen LogP contribution in [-0.2, 0) is 5.75 Å². The lowest BCUT2D eigenvalue weighted by Crippen LogP contribution is -1.99. The number of benzene rings is 3. The summed E-state index contributed by atoms with van der Waals surface area (Å²) >= 11 is 7.73.